The highest BCUT2D eigenvalue weighted by Crippen LogP contribution is 2.23. The first-order chi connectivity index (χ1) is 13.1. The van der Waals surface area contributed by atoms with Crippen molar-refractivity contribution in [2.45, 2.75) is 88.7 Å². The first kappa shape index (κ1) is 24.7. The zero-order valence-electron chi connectivity index (χ0n) is 16.3. The summed E-state index contributed by atoms with van der Waals surface area (Å²) in [7, 11) is 0. The molecular formula is C18H32O10. The topological polar surface area (TPSA) is 163 Å². The fraction of sp³-hybridized carbons (Fsp3) is 0.889. The van der Waals surface area contributed by atoms with Crippen molar-refractivity contribution in [2.24, 2.45) is 0 Å². The van der Waals surface area contributed by atoms with Crippen molar-refractivity contribution in [1.29, 1.82) is 0 Å². The molecule has 0 aromatic rings. The Balaban J connectivity index is 2.51. The summed E-state index contributed by atoms with van der Waals surface area (Å²) in [5.74, 6) is -2.15. The molecular weight excluding hydrogens is 376 g/mol. The molecule has 1 rings (SSSR count). The number of aliphatic carboxylic acids is 1. The van der Waals surface area contributed by atoms with E-state index < -0.39 is 67.7 Å². The Labute approximate surface area is 164 Å². The smallest absolute Gasteiger partial charge is 0.308 e. The number of ether oxygens (including phenoxy) is 3. The minimum atomic E-state index is -1.78. The van der Waals surface area contributed by atoms with E-state index in [4.69, 9.17) is 19.3 Å². The maximum Gasteiger partial charge on any atom is 0.308 e. The van der Waals surface area contributed by atoms with E-state index in [0.717, 1.165) is 25.7 Å². The van der Waals surface area contributed by atoms with Gasteiger partial charge >= 0.3 is 11.9 Å². The molecule has 10 heteroatoms. The molecule has 0 amide bonds. The van der Waals surface area contributed by atoms with Crippen LogP contribution in [0.1, 0.15) is 52.4 Å². The lowest BCUT2D eigenvalue weighted by Gasteiger charge is -2.40. The van der Waals surface area contributed by atoms with Crippen LogP contribution in [0.3, 0.4) is 0 Å². The molecule has 0 aliphatic carbocycles. The Kier molecular flexibility index (Phi) is 10.3. The number of hydrogen-bond acceptors (Lipinski definition) is 9. The fourth-order valence-electron chi connectivity index (χ4n) is 2.85. The second-order valence-corrected chi connectivity index (χ2v) is 7.37. The molecule has 0 saturated carbocycles. The molecule has 1 unspecified atom stereocenters. The van der Waals surface area contributed by atoms with Gasteiger partial charge in [-0.2, -0.15) is 0 Å². The Morgan fingerprint density at radius 3 is 2.32 bits per heavy atom. The van der Waals surface area contributed by atoms with Gasteiger partial charge in [0.15, 0.2) is 6.29 Å². The van der Waals surface area contributed by atoms with Gasteiger partial charge in [-0.25, -0.2) is 0 Å². The van der Waals surface area contributed by atoms with Crippen LogP contribution in [0.15, 0.2) is 0 Å². The minimum absolute atomic E-state index is 0.301. The SMILES string of the molecule is CCCCCCO[C@@H]1O[C@H](COC(=O)CC(C)(O)CC(=O)O)[C@@H](O)[C@H](O)[C@H]1O. The largest absolute Gasteiger partial charge is 0.481 e. The van der Waals surface area contributed by atoms with Crippen molar-refractivity contribution in [1.82, 2.24) is 0 Å². The van der Waals surface area contributed by atoms with E-state index in [1.165, 1.54) is 6.92 Å². The summed E-state index contributed by atoms with van der Waals surface area (Å²) in [6, 6.07) is 0. The summed E-state index contributed by atoms with van der Waals surface area (Å²) in [4.78, 5) is 22.5. The van der Waals surface area contributed by atoms with Crippen LogP contribution in [0.5, 0.6) is 0 Å². The van der Waals surface area contributed by atoms with E-state index in [1.807, 2.05) is 0 Å². The number of unbranched alkanes of at least 4 members (excludes halogenated alkanes) is 3. The van der Waals surface area contributed by atoms with E-state index in [0.29, 0.717) is 6.61 Å². The first-order valence-electron chi connectivity index (χ1n) is 9.48. The number of carboxylic acid groups (broad SMARTS) is 1. The molecule has 5 N–H and O–H groups in total. The van der Waals surface area contributed by atoms with Crippen LogP contribution >= 0.6 is 0 Å². The highest BCUT2D eigenvalue weighted by atomic mass is 16.7. The number of hydrogen-bond donors (Lipinski definition) is 5. The minimum Gasteiger partial charge on any atom is -0.481 e. The number of aliphatic hydroxyl groups is 4. The normalized spacial score (nSPS) is 29.9. The first-order valence-corrected chi connectivity index (χ1v) is 9.48. The molecule has 0 aromatic carbocycles. The molecule has 10 nitrogen and oxygen atoms in total. The molecule has 0 spiro atoms. The number of rotatable bonds is 12. The highest BCUT2D eigenvalue weighted by Gasteiger charge is 2.44. The third-order valence-corrected chi connectivity index (χ3v) is 4.41. The molecule has 1 saturated heterocycles. The van der Waals surface area contributed by atoms with Crippen LogP contribution in [-0.2, 0) is 23.8 Å². The van der Waals surface area contributed by atoms with E-state index in [1.54, 1.807) is 0 Å². The summed E-state index contributed by atoms with van der Waals surface area (Å²) in [6.07, 6.45) is -4.25. The van der Waals surface area contributed by atoms with Gasteiger partial charge in [0.1, 0.15) is 31.0 Å². The van der Waals surface area contributed by atoms with Gasteiger partial charge in [0.2, 0.25) is 0 Å². The molecule has 0 aromatic heterocycles. The molecule has 6 atom stereocenters. The Morgan fingerprint density at radius 2 is 1.71 bits per heavy atom. The maximum atomic E-state index is 11.8. The van der Waals surface area contributed by atoms with E-state index in [2.05, 4.69) is 6.92 Å². The Morgan fingerprint density at radius 1 is 1.04 bits per heavy atom. The lowest BCUT2D eigenvalue weighted by molar-refractivity contribution is -0.301. The summed E-state index contributed by atoms with van der Waals surface area (Å²) in [6.45, 7) is 3.11. The number of carbonyl (C=O) groups is 2. The molecule has 1 aliphatic rings. The highest BCUT2D eigenvalue weighted by molar-refractivity contribution is 5.73. The lowest BCUT2D eigenvalue weighted by atomic mass is 9.98. The van der Waals surface area contributed by atoms with Crippen LogP contribution in [0.25, 0.3) is 0 Å². The molecule has 1 aliphatic heterocycles. The lowest BCUT2D eigenvalue weighted by Crippen LogP contribution is -2.59. The monoisotopic (exact) mass is 408 g/mol. The molecule has 1 heterocycles. The van der Waals surface area contributed by atoms with E-state index in [-0.39, 0.29) is 0 Å². The van der Waals surface area contributed by atoms with Gasteiger partial charge < -0.3 is 39.7 Å². The third kappa shape index (κ3) is 8.38. The van der Waals surface area contributed by atoms with Crippen molar-refractivity contribution in [3.05, 3.63) is 0 Å². The van der Waals surface area contributed by atoms with Crippen molar-refractivity contribution < 1.29 is 49.3 Å². The zero-order chi connectivity index (χ0) is 21.3. The predicted molar refractivity (Wildman–Crippen MR) is 95.2 cm³/mol. The standard InChI is InChI=1S/C18H32O10/c1-3-4-5-6-7-26-17-16(24)15(23)14(22)11(28-17)10-27-13(21)9-18(2,25)8-12(19)20/h11,14-17,22-25H,3-10H2,1-2H3,(H,19,20)/t11-,14-,15+,16-,17-,18?/m1/s1. The predicted octanol–water partition coefficient (Wildman–Crippen LogP) is -0.450. The molecule has 0 bridgehead atoms. The second kappa shape index (κ2) is 11.6. The molecule has 1 fully saturated rings. The van der Waals surface area contributed by atoms with Crippen LogP contribution in [0, 0.1) is 0 Å². The van der Waals surface area contributed by atoms with Gasteiger partial charge in [0, 0.05) is 6.61 Å². The van der Waals surface area contributed by atoms with Gasteiger partial charge in [-0.15, -0.1) is 0 Å². The quantitative estimate of drug-likeness (QED) is 0.211. The van der Waals surface area contributed by atoms with Gasteiger partial charge in [-0.3, -0.25) is 9.59 Å². The fourth-order valence-corrected chi connectivity index (χ4v) is 2.85. The summed E-state index contributed by atoms with van der Waals surface area (Å²) >= 11 is 0. The number of carboxylic acids is 1. The van der Waals surface area contributed by atoms with Crippen molar-refractivity contribution in [3.63, 3.8) is 0 Å². The van der Waals surface area contributed by atoms with Gasteiger partial charge in [-0.05, 0) is 13.3 Å². The van der Waals surface area contributed by atoms with Crippen molar-refractivity contribution >= 4 is 11.9 Å². The summed E-state index contributed by atoms with van der Waals surface area (Å²) in [5, 5.41) is 48.5. The number of aliphatic hydroxyl groups excluding tert-OH is 3. The number of carbonyl (C=O) groups excluding carboxylic acids is 1. The average Bonchev–Trinajstić information content (AvgIpc) is 2.58. The summed E-state index contributed by atoms with van der Waals surface area (Å²) < 4.78 is 15.8. The molecule has 164 valence electrons. The van der Waals surface area contributed by atoms with Crippen LogP contribution < -0.4 is 0 Å². The average molecular weight is 408 g/mol. The second-order valence-electron chi connectivity index (χ2n) is 7.37. The van der Waals surface area contributed by atoms with Crippen LogP contribution in [0.4, 0.5) is 0 Å². The van der Waals surface area contributed by atoms with Gasteiger partial charge in [-0.1, -0.05) is 26.2 Å². The maximum absolute atomic E-state index is 11.8. The van der Waals surface area contributed by atoms with Crippen LogP contribution in [-0.4, -0.2) is 87.0 Å². The Bertz CT molecular complexity index is 495. The van der Waals surface area contributed by atoms with Crippen molar-refractivity contribution in [2.75, 3.05) is 13.2 Å². The zero-order valence-corrected chi connectivity index (χ0v) is 16.3. The summed E-state index contributed by atoms with van der Waals surface area (Å²) in [5.41, 5.74) is -1.78. The Hall–Kier alpha value is -1.30. The van der Waals surface area contributed by atoms with Gasteiger partial charge in [0.05, 0.1) is 18.4 Å². The van der Waals surface area contributed by atoms with E-state index >= 15 is 0 Å². The number of esters is 1. The molecule has 28 heavy (non-hydrogen) atoms. The van der Waals surface area contributed by atoms with E-state index in [9.17, 15) is 30.0 Å². The van der Waals surface area contributed by atoms with Gasteiger partial charge in [0.25, 0.3) is 0 Å². The van der Waals surface area contributed by atoms with Crippen LogP contribution in [0.2, 0.25) is 0 Å². The third-order valence-electron chi connectivity index (χ3n) is 4.41. The molecule has 0 radical (unpaired) electrons. The van der Waals surface area contributed by atoms with Crippen molar-refractivity contribution in [3.8, 4) is 0 Å².